The van der Waals surface area contributed by atoms with Gasteiger partial charge in [-0.2, -0.15) is 0 Å². The Kier molecular flexibility index (Phi) is 2.23. The molecule has 2 aliphatic heterocycles. The molecule has 0 aliphatic carbocycles. The average Bonchev–Trinajstić information content (AvgIpc) is 3.01. The summed E-state index contributed by atoms with van der Waals surface area (Å²) >= 11 is 1.80. The third-order valence-corrected chi connectivity index (χ3v) is 5.24. The predicted octanol–water partition coefficient (Wildman–Crippen LogP) is 2.49. The summed E-state index contributed by atoms with van der Waals surface area (Å²) in [6, 6.07) is 13.8. The second kappa shape index (κ2) is 3.84. The fourth-order valence-corrected chi connectivity index (χ4v) is 4.51. The number of thioether (sulfide) groups is 1. The Bertz CT molecular complexity index is 658. The Morgan fingerprint density at radius 1 is 1.16 bits per heavy atom. The fraction of sp³-hybridized carbons (Fsp3) is 0.200. The van der Waals surface area contributed by atoms with Crippen LogP contribution in [0.2, 0.25) is 0 Å². The SMILES string of the molecule is O=C1c2ccccc2C2(c3ccccn3)SCCN12. The minimum Gasteiger partial charge on any atom is -0.314 e. The number of aromatic nitrogens is 1. The lowest BCUT2D eigenvalue weighted by atomic mass is 10.0. The highest BCUT2D eigenvalue weighted by Gasteiger charge is 2.55. The van der Waals surface area contributed by atoms with Crippen LogP contribution in [0.5, 0.6) is 0 Å². The molecule has 3 heterocycles. The first-order valence-corrected chi connectivity index (χ1v) is 7.29. The molecule has 1 aromatic heterocycles. The number of rotatable bonds is 1. The highest BCUT2D eigenvalue weighted by molar-refractivity contribution is 8.00. The number of fused-ring (bicyclic) bond motifs is 3. The van der Waals surface area contributed by atoms with Crippen LogP contribution in [0.15, 0.2) is 48.7 Å². The standard InChI is InChI=1S/C15H12N2OS/c18-14-11-5-1-2-6-12(11)15(17(14)9-10-19-15)13-7-3-4-8-16-13/h1-8H,9-10H2. The summed E-state index contributed by atoms with van der Waals surface area (Å²) in [5.41, 5.74) is 2.86. The van der Waals surface area contributed by atoms with Crippen LogP contribution in [0.1, 0.15) is 21.6 Å². The summed E-state index contributed by atoms with van der Waals surface area (Å²) < 4.78 is 0. The second-order valence-corrected chi connectivity index (χ2v) is 6.00. The van der Waals surface area contributed by atoms with E-state index >= 15 is 0 Å². The van der Waals surface area contributed by atoms with Gasteiger partial charge in [-0.15, -0.1) is 11.8 Å². The van der Waals surface area contributed by atoms with E-state index in [1.807, 2.05) is 41.3 Å². The third kappa shape index (κ3) is 1.29. The van der Waals surface area contributed by atoms with Gasteiger partial charge >= 0.3 is 0 Å². The molecule has 4 heteroatoms. The van der Waals surface area contributed by atoms with Gasteiger partial charge < -0.3 is 4.90 Å². The molecule has 0 radical (unpaired) electrons. The summed E-state index contributed by atoms with van der Waals surface area (Å²) in [6.45, 7) is 0.786. The maximum atomic E-state index is 12.5. The van der Waals surface area contributed by atoms with Crippen molar-refractivity contribution in [1.82, 2.24) is 9.88 Å². The molecule has 0 N–H and O–H groups in total. The molecule has 0 saturated carbocycles. The largest absolute Gasteiger partial charge is 0.314 e. The minimum atomic E-state index is -0.408. The Morgan fingerprint density at radius 2 is 2.00 bits per heavy atom. The highest BCUT2D eigenvalue weighted by atomic mass is 32.2. The van der Waals surface area contributed by atoms with Gasteiger partial charge in [0, 0.05) is 29.6 Å². The van der Waals surface area contributed by atoms with E-state index in [0.29, 0.717) is 0 Å². The van der Waals surface area contributed by atoms with Crippen molar-refractivity contribution in [3.63, 3.8) is 0 Å². The van der Waals surface area contributed by atoms with E-state index in [1.165, 1.54) is 0 Å². The molecular weight excluding hydrogens is 256 g/mol. The van der Waals surface area contributed by atoms with E-state index in [4.69, 9.17) is 0 Å². The van der Waals surface area contributed by atoms with Crippen molar-refractivity contribution in [3.8, 4) is 0 Å². The zero-order valence-corrected chi connectivity index (χ0v) is 11.1. The quantitative estimate of drug-likeness (QED) is 0.796. The Balaban J connectivity index is 2.02. The predicted molar refractivity (Wildman–Crippen MR) is 75.0 cm³/mol. The van der Waals surface area contributed by atoms with Crippen LogP contribution >= 0.6 is 11.8 Å². The van der Waals surface area contributed by atoms with Gasteiger partial charge in [-0.25, -0.2) is 0 Å². The van der Waals surface area contributed by atoms with Crippen LogP contribution in [-0.4, -0.2) is 28.1 Å². The van der Waals surface area contributed by atoms with Gasteiger partial charge in [0.15, 0.2) is 4.87 Å². The number of pyridine rings is 1. The van der Waals surface area contributed by atoms with Crippen LogP contribution in [0.3, 0.4) is 0 Å². The fourth-order valence-electron chi connectivity index (χ4n) is 3.01. The molecule has 1 fully saturated rings. The van der Waals surface area contributed by atoms with Gasteiger partial charge in [0.2, 0.25) is 0 Å². The van der Waals surface area contributed by atoms with Crippen molar-refractivity contribution >= 4 is 17.7 Å². The smallest absolute Gasteiger partial charge is 0.255 e. The molecule has 94 valence electrons. The number of nitrogens with zero attached hydrogens (tertiary/aromatic N) is 2. The monoisotopic (exact) mass is 268 g/mol. The first-order valence-electron chi connectivity index (χ1n) is 6.31. The molecule has 3 nitrogen and oxygen atoms in total. The van der Waals surface area contributed by atoms with Crippen molar-refractivity contribution in [1.29, 1.82) is 0 Å². The molecule has 1 amide bonds. The number of carbonyl (C=O) groups excluding carboxylic acids is 1. The number of hydrogen-bond donors (Lipinski definition) is 0. The van der Waals surface area contributed by atoms with E-state index in [0.717, 1.165) is 29.1 Å². The number of benzene rings is 1. The van der Waals surface area contributed by atoms with Crippen LogP contribution in [0.4, 0.5) is 0 Å². The summed E-state index contributed by atoms with van der Waals surface area (Å²) in [5.74, 6) is 1.09. The van der Waals surface area contributed by atoms with Gasteiger partial charge in [0.05, 0.1) is 5.69 Å². The van der Waals surface area contributed by atoms with Crippen LogP contribution in [0.25, 0.3) is 0 Å². The molecule has 2 aliphatic rings. The Hall–Kier alpha value is -1.81. The molecule has 1 atom stereocenters. The topological polar surface area (TPSA) is 33.2 Å². The molecule has 0 bridgehead atoms. The van der Waals surface area contributed by atoms with Crippen molar-refractivity contribution in [3.05, 3.63) is 65.5 Å². The summed E-state index contributed by atoms with van der Waals surface area (Å²) in [7, 11) is 0. The molecule has 0 spiro atoms. The van der Waals surface area contributed by atoms with Gasteiger partial charge in [0.1, 0.15) is 0 Å². The number of amides is 1. The Labute approximate surface area is 115 Å². The molecule has 2 aromatic rings. The number of carbonyl (C=O) groups is 1. The van der Waals surface area contributed by atoms with E-state index in [9.17, 15) is 4.79 Å². The lowest BCUT2D eigenvalue weighted by Crippen LogP contribution is -2.38. The highest BCUT2D eigenvalue weighted by Crippen LogP contribution is 2.54. The van der Waals surface area contributed by atoms with Gasteiger partial charge in [-0.1, -0.05) is 24.3 Å². The third-order valence-electron chi connectivity index (χ3n) is 3.79. The average molecular weight is 268 g/mol. The molecule has 19 heavy (non-hydrogen) atoms. The van der Waals surface area contributed by atoms with Crippen molar-refractivity contribution in [2.24, 2.45) is 0 Å². The van der Waals surface area contributed by atoms with E-state index in [2.05, 4.69) is 11.1 Å². The zero-order valence-electron chi connectivity index (χ0n) is 10.2. The lowest BCUT2D eigenvalue weighted by molar-refractivity contribution is 0.0750. The second-order valence-electron chi connectivity index (χ2n) is 4.71. The molecule has 1 aromatic carbocycles. The van der Waals surface area contributed by atoms with Gasteiger partial charge in [-0.05, 0) is 18.2 Å². The Morgan fingerprint density at radius 3 is 2.84 bits per heavy atom. The molecule has 4 rings (SSSR count). The first-order chi connectivity index (χ1) is 9.34. The van der Waals surface area contributed by atoms with Crippen molar-refractivity contribution in [2.75, 3.05) is 12.3 Å². The number of hydrogen-bond acceptors (Lipinski definition) is 3. The maximum Gasteiger partial charge on any atom is 0.255 e. The normalized spacial score (nSPS) is 24.4. The van der Waals surface area contributed by atoms with Crippen LogP contribution < -0.4 is 0 Å². The summed E-state index contributed by atoms with van der Waals surface area (Å²) in [6.07, 6.45) is 1.80. The van der Waals surface area contributed by atoms with Crippen molar-refractivity contribution in [2.45, 2.75) is 4.87 Å². The van der Waals surface area contributed by atoms with Crippen LogP contribution in [0, 0.1) is 0 Å². The molecule has 1 saturated heterocycles. The minimum absolute atomic E-state index is 0.131. The lowest BCUT2D eigenvalue weighted by Gasteiger charge is -2.31. The van der Waals surface area contributed by atoms with E-state index < -0.39 is 4.87 Å². The van der Waals surface area contributed by atoms with E-state index in [-0.39, 0.29) is 5.91 Å². The molecular formula is C15H12N2OS. The van der Waals surface area contributed by atoms with E-state index in [1.54, 1.807) is 18.0 Å². The first kappa shape index (κ1) is 11.1. The zero-order chi connectivity index (χ0) is 12.9. The molecule has 1 unspecified atom stereocenters. The van der Waals surface area contributed by atoms with Gasteiger partial charge in [-0.3, -0.25) is 9.78 Å². The van der Waals surface area contributed by atoms with Gasteiger partial charge in [0.25, 0.3) is 5.91 Å². The summed E-state index contributed by atoms with van der Waals surface area (Å²) in [5, 5.41) is 0. The maximum absolute atomic E-state index is 12.5. The summed E-state index contributed by atoms with van der Waals surface area (Å²) in [4.78, 5) is 18.6. The van der Waals surface area contributed by atoms with Crippen molar-refractivity contribution < 1.29 is 4.79 Å². The van der Waals surface area contributed by atoms with Crippen LogP contribution in [-0.2, 0) is 4.87 Å².